The summed E-state index contributed by atoms with van der Waals surface area (Å²) in [5.41, 5.74) is 0. The van der Waals surface area contributed by atoms with Gasteiger partial charge in [0.05, 0.1) is 25.0 Å². The van der Waals surface area contributed by atoms with Crippen LogP contribution in [0, 0.1) is 23.7 Å². The molecule has 1 aliphatic rings. The molecule has 1 fully saturated rings. The minimum Gasteiger partial charge on any atom is -0.465 e. The van der Waals surface area contributed by atoms with Gasteiger partial charge in [-0.15, -0.1) is 0 Å². The van der Waals surface area contributed by atoms with Crippen LogP contribution in [-0.2, 0) is 19.1 Å². The normalized spacial score (nSPS) is 21.9. The summed E-state index contributed by atoms with van der Waals surface area (Å²) in [5, 5.41) is 0. The lowest BCUT2D eigenvalue weighted by Crippen LogP contribution is -2.35. The first-order valence-corrected chi connectivity index (χ1v) is 8.75. The van der Waals surface area contributed by atoms with Gasteiger partial charge in [-0.1, -0.05) is 40.5 Å². The van der Waals surface area contributed by atoms with Crippen LogP contribution in [0.5, 0.6) is 0 Å². The number of ether oxygens (including phenoxy) is 2. The third kappa shape index (κ3) is 6.80. The van der Waals surface area contributed by atoms with Gasteiger partial charge in [0.15, 0.2) is 0 Å². The molecule has 0 aromatic carbocycles. The van der Waals surface area contributed by atoms with Crippen LogP contribution >= 0.6 is 0 Å². The molecule has 1 rings (SSSR count). The Balaban J connectivity index is 2.47. The van der Waals surface area contributed by atoms with Gasteiger partial charge in [-0.3, -0.25) is 9.59 Å². The largest absolute Gasteiger partial charge is 0.465 e. The maximum Gasteiger partial charge on any atom is 0.309 e. The zero-order valence-corrected chi connectivity index (χ0v) is 14.6. The predicted octanol–water partition coefficient (Wildman–Crippen LogP) is 3.97. The molecule has 22 heavy (non-hydrogen) atoms. The zero-order valence-electron chi connectivity index (χ0n) is 14.6. The van der Waals surface area contributed by atoms with Crippen LogP contribution in [0.4, 0.5) is 0 Å². The summed E-state index contributed by atoms with van der Waals surface area (Å²) >= 11 is 0. The molecule has 1 saturated carbocycles. The third-order valence-corrected chi connectivity index (χ3v) is 4.25. The molecule has 0 aromatic rings. The molecule has 0 aliphatic heterocycles. The van der Waals surface area contributed by atoms with Gasteiger partial charge in [-0.2, -0.15) is 0 Å². The van der Waals surface area contributed by atoms with Gasteiger partial charge in [0.2, 0.25) is 0 Å². The van der Waals surface area contributed by atoms with E-state index in [0.717, 1.165) is 38.5 Å². The van der Waals surface area contributed by atoms with E-state index in [2.05, 4.69) is 27.7 Å². The minimum atomic E-state index is -0.313. The average molecular weight is 312 g/mol. The predicted molar refractivity (Wildman–Crippen MR) is 86.3 cm³/mol. The Morgan fingerprint density at radius 1 is 0.818 bits per heavy atom. The summed E-state index contributed by atoms with van der Waals surface area (Å²) in [6, 6.07) is 0. The Labute approximate surface area is 134 Å². The molecule has 0 N–H and O–H groups in total. The van der Waals surface area contributed by atoms with Crippen LogP contribution in [0.3, 0.4) is 0 Å². The Morgan fingerprint density at radius 3 is 1.50 bits per heavy atom. The number of carbonyl (C=O) groups excluding carboxylic acids is 2. The van der Waals surface area contributed by atoms with E-state index in [4.69, 9.17) is 9.47 Å². The summed E-state index contributed by atoms with van der Waals surface area (Å²) < 4.78 is 10.7. The van der Waals surface area contributed by atoms with Crippen molar-refractivity contribution in [2.75, 3.05) is 13.2 Å². The zero-order chi connectivity index (χ0) is 16.5. The molecule has 0 heterocycles. The van der Waals surface area contributed by atoms with Crippen molar-refractivity contribution in [3.8, 4) is 0 Å². The molecule has 0 spiro atoms. The molecule has 4 nitrogen and oxygen atoms in total. The maximum absolute atomic E-state index is 12.2. The SMILES string of the molecule is CC(C)CCOC(=O)C1CCCCC1C(=O)OCCC(C)C. The summed E-state index contributed by atoms with van der Waals surface area (Å²) in [7, 11) is 0. The number of carbonyl (C=O) groups is 2. The van der Waals surface area contributed by atoms with Gasteiger partial charge in [0.1, 0.15) is 0 Å². The van der Waals surface area contributed by atoms with Crippen molar-refractivity contribution in [2.45, 2.75) is 66.2 Å². The summed E-state index contributed by atoms with van der Waals surface area (Å²) in [6.45, 7) is 9.30. The maximum atomic E-state index is 12.2. The van der Waals surface area contributed by atoms with Crippen LogP contribution in [0.25, 0.3) is 0 Å². The standard InChI is InChI=1S/C18H32O4/c1-13(2)9-11-21-17(19)15-7-5-6-8-16(15)18(20)22-12-10-14(3)4/h13-16H,5-12H2,1-4H3. The number of hydrogen-bond donors (Lipinski definition) is 0. The first-order chi connectivity index (χ1) is 10.4. The molecule has 0 radical (unpaired) electrons. The lowest BCUT2D eigenvalue weighted by molar-refractivity contribution is -0.163. The van der Waals surface area contributed by atoms with E-state index in [-0.39, 0.29) is 23.8 Å². The van der Waals surface area contributed by atoms with Crippen LogP contribution in [0.2, 0.25) is 0 Å². The molecular weight excluding hydrogens is 280 g/mol. The molecule has 1 aliphatic carbocycles. The molecular formula is C18H32O4. The fraction of sp³-hybridized carbons (Fsp3) is 0.889. The van der Waals surface area contributed by atoms with E-state index < -0.39 is 0 Å². The fourth-order valence-electron chi connectivity index (χ4n) is 2.70. The Bertz CT molecular complexity index is 315. The second-order valence-corrected chi connectivity index (χ2v) is 7.20. The monoisotopic (exact) mass is 312 g/mol. The summed E-state index contributed by atoms with van der Waals surface area (Å²) in [5.74, 6) is -0.0378. The van der Waals surface area contributed by atoms with E-state index in [1.54, 1.807) is 0 Å². The van der Waals surface area contributed by atoms with Gasteiger partial charge in [0, 0.05) is 0 Å². The molecule has 2 atom stereocenters. The van der Waals surface area contributed by atoms with Crippen molar-refractivity contribution in [3.63, 3.8) is 0 Å². The summed E-state index contributed by atoms with van der Waals surface area (Å²) in [6.07, 6.45) is 5.18. The first kappa shape index (κ1) is 19.0. The van der Waals surface area contributed by atoms with E-state index in [1.807, 2.05) is 0 Å². The second kappa shape index (κ2) is 9.86. The molecule has 4 heteroatoms. The Kier molecular flexibility index (Phi) is 8.51. The van der Waals surface area contributed by atoms with Gasteiger partial charge >= 0.3 is 11.9 Å². The number of esters is 2. The number of hydrogen-bond acceptors (Lipinski definition) is 4. The number of rotatable bonds is 8. The van der Waals surface area contributed by atoms with Crippen LogP contribution < -0.4 is 0 Å². The van der Waals surface area contributed by atoms with E-state index in [1.165, 1.54) is 0 Å². The fourth-order valence-corrected chi connectivity index (χ4v) is 2.70. The van der Waals surface area contributed by atoms with Gasteiger partial charge in [-0.05, 0) is 37.5 Å². The molecule has 0 aromatic heterocycles. The second-order valence-electron chi connectivity index (χ2n) is 7.20. The van der Waals surface area contributed by atoms with E-state index >= 15 is 0 Å². The average Bonchev–Trinajstić information content (AvgIpc) is 2.46. The van der Waals surface area contributed by atoms with Crippen LogP contribution in [-0.4, -0.2) is 25.2 Å². The third-order valence-electron chi connectivity index (χ3n) is 4.25. The van der Waals surface area contributed by atoms with Gasteiger partial charge in [0.25, 0.3) is 0 Å². The Hall–Kier alpha value is -1.06. The Morgan fingerprint density at radius 2 is 1.18 bits per heavy atom. The van der Waals surface area contributed by atoms with Gasteiger partial charge < -0.3 is 9.47 Å². The molecule has 2 unspecified atom stereocenters. The van der Waals surface area contributed by atoms with E-state index in [0.29, 0.717) is 25.0 Å². The lowest BCUT2D eigenvalue weighted by atomic mass is 9.79. The van der Waals surface area contributed by atoms with Crippen molar-refractivity contribution in [3.05, 3.63) is 0 Å². The van der Waals surface area contributed by atoms with Crippen LogP contribution in [0.1, 0.15) is 66.2 Å². The topological polar surface area (TPSA) is 52.6 Å². The highest BCUT2D eigenvalue weighted by atomic mass is 16.5. The van der Waals surface area contributed by atoms with Crippen molar-refractivity contribution in [2.24, 2.45) is 23.7 Å². The van der Waals surface area contributed by atoms with Crippen molar-refractivity contribution < 1.29 is 19.1 Å². The first-order valence-electron chi connectivity index (χ1n) is 8.75. The van der Waals surface area contributed by atoms with E-state index in [9.17, 15) is 9.59 Å². The van der Waals surface area contributed by atoms with Crippen molar-refractivity contribution in [1.29, 1.82) is 0 Å². The minimum absolute atomic E-state index is 0.217. The molecule has 0 saturated heterocycles. The van der Waals surface area contributed by atoms with Gasteiger partial charge in [-0.25, -0.2) is 0 Å². The lowest BCUT2D eigenvalue weighted by Gasteiger charge is -2.28. The highest BCUT2D eigenvalue weighted by Gasteiger charge is 2.37. The molecule has 128 valence electrons. The highest BCUT2D eigenvalue weighted by molar-refractivity contribution is 5.82. The summed E-state index contributed by atoms with van der Waals surface area (Å²) in [4.78, 5) is 24.5. The quantitative estimate of drug-likeness (QED) is 0.636. The molecule has 0 amide bonds. The van der Waals surface area contributed by atoms with Crippen molar-refractivity contribution >= 4 is 11.9 Å². The highest BCUT2D eigenvalue weighted by Crippen LogP contribution is 2.32. The van der Waals surface area contributed by atoms with Crippen LogP contribution in [0.15, 0.2) is 0 Å². The smallest absolute Gasteiger partial charge is 0.309 e. The van der Waals surface area contributed by atoms with Crippen molar-refractivity contribution in [1.82, 2.24) is 0 Å². The molecule has 0 bridgehead atoms.